The number of pyridine rings is 1. The molecule has 0 atom stereocenters. The largest absolute Gasteiger partial charge is 0.438 e. The van der Waals surface area contributed by atoms with Crippen LogP contribution in [0.4, 0.5) is 0 Å². The average Bonchev–Trinajstić information content (AvgIpc) is 2.79. The maximum atomic E-state index is 13.4. The minimum absolute atomic E-state index is 0.0516. The summed E-state index contributed by atoms with van der Waals surface area (Å²) in [6, 6.07) is 18.3. The monoisotopic (exact) mass is 471 g/mol. The zero-order chi connectivity index (χ0) is 24.5. The average molecular weight is 472 g/mol. The number of nitrogens with zero attached hydrogens (tertiary/aromatic N) is 3. The van der Waals surface area contributed by atoms with Crippen LogP contribution >= 0.6 is 0 Å². The molecule has 0 radical (unpaired) electrons. The molecule has 34 heavy (non-hydrogen) atoms. The number of aryl methyl sites for hydroxylation is 3. The predicted molar refractivity (Wildman–Crippen MR) is 129 cm³/mol. The van der Waals surface area contributed by atoms with E-state index < -0.39 is 20.3 Å². The number of fused-ring (bicyclic) bond motifs is 1. The van der Waals surface area contributed by atoms with Crippen molar-refractivity contribution in [3.05, 3.63) is 104 Å². The summed E-state index contributed by atoms with van der Waals surface area (Å²) in [5.41, 5.74) is 2.31. The van der Waals surface area contributed by atoms with Crippen LogP contribution in [0.25, 0.3) is 11.7 Å². The van der Waals surface area contributed by atoms with E-state index in [0.717, 1.165) is 22.8 Å². The van der Waals surface area contributed by atoms with Gasteiger partial charge in [-0.05, 0) is 73.9 Å². The Morgan fingerprint density at radius 1 is 1.03 bits per heavy atom. The highest BCUT2D eigenvalue weighted by atomic mass is 32.2. The highest BCUT2D eigenvalue weighted by Crippen LogP contribution is 2.28. The molecular weight excluding hydrogens is 450 g/mol. The lowest BCUT2D eigenvalue weighted by Gasteiger charge is -2.12. The lowest BCUT2D eigenvalue weighted by atomic mass is 10.1. The van der Waals surface area contributed by atoms with Crippen molar-refractivity contribution in [1.82, 2.24) is 9.38 Å². The van der Waals surface area contributed by atoms with Crippen molar-refractivity contribution in [2.45, 2.75) is 25.7 Å². The van der Waals surface area contributed by atoms with Gasteiger partial charge in [0.1, 0.15) is 27.9 Å². The molecule has 4 rings (SSSR count). The third-order valence-corrected chi connectivity index (χ3v) is 6.87. The van der Waals surface area contributed by atoms with Crippen LogP contribution in [0.1, 0.15) is 22.3 Å². The fraction of sp³-hybridized carbons (Fsp3) is 0.115. The van der Waals surface area contributed by atoms with E-state index in [4.69, 9.17) is 4.74 Å². The van der Waals surface area contributed by atoms with E-state index in [2.05, 4.69) is 4.98 Å². The molecule has 0 aliphatic rings. The van der Waals surface area contributed by atoms with Gasteiger partial charge in [0, 0.05) is 6.20 Å². The van der Waals surface area contributed by atoms with Crippen molar-refractivity contribution in [2.75, 3.05) is 0 Å². The molecule has 7 nitrogen and oxygen atoms in total. The Kier molecular flexibility index (Phi) is 6.05. The van der Waals surface area contributed by atoms with Crippen LogP contribution in [-0.2, 0) is 9.84 Å². The summed E-state index contributed by atoms with van der Waals surface area (Å²) >= 11 is 0. The maximum absolute atomic E-state index is 13.4. The predicted octanol–water partition coefficient (Wildman–Crippen LogP) is 4.75. The number of nitriles is 1. The van der Waals surface area contributed by atoms with Crippen LogP contribution in [0, 0.1) is 32.1 Å². The molecule has 8 heteroatoms. The molecule has 2 aromatic heterocycles. The van der Waals surface area contributed by atoms with E-state index >= 15 is 0 Å². The molecule has 0 bridgehead atoms. The Morgan fingerprint density at radius 3 is 2.35 bits per heavy atom. The second-order valence-corrected chi connectivity index (χ2v) is 9.80. The second kappa shape index (κ2) is 8.96. The Bertz CT molecular complexity index is 1630. The lowest BCUT2D eigenvalue weighted by molar-refractivity contribution is 0.460. The lowest BCUT2D eigenvalue weighted by Crippen LogP contribution is -2.20. The standard InChI is InChI=1S/C26H21N3O4S/c1-17-12-18(2)14-20(13-17)33-25-23(26(30)29-11-7-8-19(3)24(29)28-25)15-22(16-27)34(31,32)21-9-5-4-6-10-21/h4-15H,1-3H3/b22-15-. The smallest absolute Gasteiger partial charge is 0.269 e. The highest BCUT2D eigenvalue weighted by molar-refractivity contribution is 7.95. The molecule has 0 fully saturated rings. The van der Waals surface area contributed by atoms with Gasteiger partial charge in [0.25, 0.3) is 5.56 Å². The molecule has 0 aliphatic carbocycles. The van der Waals surface area contributed by atoms with Gasteiger partial charge >= 0.3 is 0 Å². The first-order valence-corrected chi connectivity index (χ1v) is 11.9. The third-order valence-electron chi connectivity index (χ3n) is 5.19. The van der Waals surface area contributed by atoms with Gasteiger partial charge < -0.3 is 4.74 Å². The van der Waals surface area contributed by atoms with Crippen LogP contribution in [0.2, 0.25) is 0 Å². The number of hydrogen-bond donors (Lipinski definition) is 0. The van der Waals surface area contributed by atoms with Crippen molar-refractivity contribution in [2.24, 2.45) is 0 Å². The number of ether oxygens (including phenoxy) is 1. The SMILES string of the molecule is Cc1cc(C)cc(Oc2nc3c(C)cccn3c(=O)c2/C=C(/C#N)S(=O)(=O)c2ccccc2)c1. The fourth-order valence-corrected chi connectivity index (χ4v) is 4.79. The van der Waals surface area contributed by atoms with E-state index in [1.165, 1.54) is 22.7 Å². The Labute approximate surface area is 197 Å². The summed E-state index contributed by atoms with van der Waals surface area (Å²) in [5.74, 6) is 0.363. The van der Waals surface area contributed by atoms with Gasteiger partial charge in [-0.3, -0.25) is 9.20 Å². The molecule has 0 N–H and O–H groups in total. The van der Waals surface area contributed by atoms with Gasteiger partial charge in [0.05, 0.1) is 4.90 Å². The van der Waals surface area contributed by atoms with E-state index in [1.54, 1.807) is 55.5 Å². The zero-order valence-electron chi connectivity index (χ0n) is 18.8. The first-order valence-electron chi connectivity index (χ1n) is 10.4. The minimum atomic E-state index is -4.16. The number of hydrogen-bond acceptors (Lipinski definition) is 6. The quantitative estimate of drug-likeness (QED) is 0.389. The molecule has 0 unspecified atom stereocenters. The van der Waals surface area contributed by atoms with E-state index in [0.29, 0.717) is 11.4 Å². The summed E-state index contributed by atoms with van der Waals surface area (Å²) in [4.78, 5) is 17.3. The van der Waals surface area contributed by atoms with Crippen LogP contribution in [0.15, 0.2) is 81.5 Å². The molecular formula is C26H21N3O4S. The Hall–Kier alpha value is -4.22. The number of benzene rings is 2. The first-order chi connectivity index (χ1) is 16.2. The van der Waals surface area contributed by atoms with Crippen molar-refractivity contribution in [3.8, 4) is 17.7 Å². The third kappa shape index (κ3) is 4.34. The summed E-state index contributed by atoms with van der Waals surface area (Å²) in [6.07, 6.45) is 2.57. The summed E-state index contributed by atoms with van der Waals surface area (Å²) in [6.45, 7) is 5.62. The normalized spacial score (nSPS) is 11.9. The topological polar surface area (TPSA) is 102 Å². The van der Waals surface area contributed by atoms with E-state index in [1.807, 2.05) is 19.9 Å². The van der Waals surface area contributed by atoms with E-state index in [-0.39, 0.29) is 16.3 Å². The summed E-state index contributed by atoms with van der Waals surface area (Å²) in [5, 5.41) is 9.72. The van der Waals surface area contributed by atoms with Gasteiger partial charge in [-0.15, -0.1) is 0 Å². The summed E-state index contributed by atoms with van der Waals surface area (Å²) in [7, 11) is -4.16. The van der Waals surface area contributed by atoms with Gasteiger partial charge in [0.15, 0.2) is 0 Å². The molecule has 0 spiro atoms. The van der Waals surface area contributed by atoms with Gasteiger partial charge in [0.2, 0.25) is 15.7 Å². The molecule has 170 valence electrons. The number of allylic oxidation sites excluding steroid dienone is 1. The molecule has 0 saturated heterocycles. The van der Waals surface area contributed by atoms with Crippen molar-refractivity contribution in [3.63, 3.8) is 0 Å². The van der Waals surface area contributed by atoms with Crippen molar-refractivity contribution in [1.29, 1.82) is 5.26 Å². The van der Waals surface area contributed by atoms with Gasteiger partial charge in [-0.1, -0.05) is 30.3 Å². The summed E-state index contributed by atoms with van der Waals surface area (Å²) < 4.78 is 33.5. The number of rotatable bonds is 5. The Morgan fingerprint density at radius 2 is 1.71 bits per heavy atom. The second-order valence-electron chi connectivity index (χ2n) is 7.88. The molecule has 0 aliphatic heterocycles. The maximum Gasteiger partial charge on any atom is 0.269 e. The number of aromatic nitrogens is 2. The highest BCUT2D eigenvalue weighted by Gasteiger charge is 2.23. The zero-order valence-corrected chi connectivity index (χ0v) is 19.6. The van der Waals surface area contributed by atoms with Crippen LogP contribution in [-0.4, -0.2) is 17.8 Å². The van der Waals surface area contributed by atoms with Crippen molar-refractivity contribution < 1.29 is 13.2 Å². The molecule has 4 aromatic rings. The first kappa shape index (κ1) is 23.0. The molecule has 0 saturated carbocycles. The van der Waals surface area contributed by atoms with Gasteiger partial charge in [-0.25, -0.2) is 8.42 Å². The van der Waals surface area contributed by atoms with Crippen LogP contribution < -0.4 is 10.3 Å². The van der Waals surface area contributed by atoms with Gasteiger partial charge in [-0.2, -0.15) is 10.2 Å². The van der Waals surface area contributed by atoms with E-state index in [9.17, 15) is 18.5 Å². The van der Waals surface area contributed by atoms with Crippen LogP contribution in [0.5, 0.6) is 11.6 Å². The Balaban J connectivity index is 1.98. The molecule has 2 aromatic carbocycles. The molecule has 2 heterocycles. The molecule has 0 amide bonds. The fourth-order valence-electron chi connectivity index (χ4n) is 3.62. The van der Waals surface area contributed by atoms with Crippen LogP contribution in [0.3, 0.4) is 0 Å². The number of sulfone groups is 1. The minimum Gasteiger partial charge on any atom is -0.438 e. The van der Waals surface area contributed by atoms with Crippen molar-refractivity contribution >= 4 is 21.6 Å².